The Morgan fingerprint density at radius 3 is 1.14 bits per heavy atom. The molecular weight excluding hydrogens is 650 g/mol. The molecule has 0 aliphatic carbocycles. The average Bonchev–Trinajstić information content (AvgIpc) is 2.52. The predicted octanol–water partition coefficient (Wildman–Crippen LogP) is 8.26. The molecule has 0 aliphatic rings. The maximum atomic E-state index is 13.1. The van der Waals surface area contributed by atoms with Gasteiger partial charge in [-0.25, -0.2) is 0 Å². The van der Waals surface area contributed by atoms with E-state index in [0.717, 1.165) is 13.1 Å². The molecule has 21 heteroatoms. The molecule has 0 aliphatic heterocycles. The molecule has 0 aromatic rings. The van der Waals surface area contributed by atoms with E-state index >= 15 is 0 Å². The van der Waals surface area contributed by atoms with Crippen LogP contribution in [0.5, 0.6) is 0 Å². The van der Waals surface area contributed by atoms with Gasteiger partial charge in [-0.05, 0) is 50.9 Å². The molecular formula is C14H28Cl3F9O4Si5. The summed E-state index contributed by atoms with van der Waals surface area (Å²) in [4.78, 5) is 0. The highest BCUT2D eigenvalue weighted by Crippen LogP contribution is 2.39. The van der Waals surface area contributed by atoms with Gasteiger partial charge in [0.25, 0.3) is 0 Å². The van der Waals surface area contributed by atoms with Gasteiger partial charge in [0.1, 0.15) is 0 Å². The molecule has 0 aromatic heterocycles. The quantitative estimate of drug-likeness (QED) is 0.105. The van der Waals surface area contributed by atoms with Crippen LogP contribution in [0, 0.1) is 0 Å². The Morgan fingerprint density at radius 2 is 0.857 bits per heavy atom. The molecule has 0 amide bonds. The Kier molecular flexibility index (Phi) is 13.4. The molecule has 0 fully saturated rings. The fourth-order valence-corrected chi connectivity index (χ4v) is 27.2. The first kappa shape index (κ1) is 36.2. The van der Waals surface area contributed by atoms with Gasteiger partial charge in [0, 0.05) is 19.3 Å². The van der Waals surface area contributed by atoms with Gasteiger partial charge in [-0.3, -0.25) is 0 Å². The van der Waals surface area contributed by atoms with Gasteiger partial charge in [-0.2, -0.15) is 39.5 Å². The van der Waals surface area contributed by atoms with Crippen LogP contribution in [0.2, 0.25) is 50.9 Å². The molecule has 0 radical (unpaired) electrons. The molecule has 4 nitrogen and oxygen atoms in total. The molecule has 3 unspecified atom stereocenters. The third-order valence-corrected chi connectivity index (χ3v) is 23.3. The maximum Gasteiger partial charge on any atom is 0.485 e. The maximum absolute atomic E-state index is 13.1. The van der Waals surface area contributed by atoms with Gasteiger partial charge in [0.2, 0.25) is 0 Å². The first-order valence-electron chi connectivity index (χ1n) is 10.2. The summed E-state index contributed by atoms with van der Waals surface area (Å²) >= 11 is 17.2. The lowest BCUT2D eigenvalue weighted by molar-refractivity contribution is -0.132. The van der Waals surface area contributed by atoms with Gasteiger partial charge in [0.05, 0.1) is 0 Å². The first-order chi connectivity index (χ1) is 15.2. The van der Waals surface area contributed by atoms with Crippen molar-refractivity contribution >= 4 is 74.2 Å². The summed E-state index contributed by atoms with van der Waals surface area (Å²) in [7, 11) is -14.2. The van der Waals surface area contributed by atoms with E-state index < -0.39 is 96.9 Å². The zero-order chi connectivity index (χ0) is 28.1. The third kappa shape index (κ3) is 19.0. The van der Waals surface area contributed by atoms with E-state index in [0.29, 0.717) is 0 Å². The topological polar surface area (TPSA) is 36.9 Å². The second-order valence-electron chi connectivity index (χ2n) is 8.67. The van der Waals surface area contributed by atoms with E-state index in [1.54, 1.807) is 13.1 Å². The van der Waals surface area contributed by atoms with Gasteiger partial charge < -0.3 is 16.5 Å². The van der Waals surface area contributed by atoms with Crippen LogP contribution < -0.4 is 0 Å². The SMILES string of the molecule is C[SiH](C)O[Si](C)(CCC(F)(F)F)O[Si](C)(CCC(F)(F)F)O[Si](C)(CCC(F)(F)F)O[Si](Cl)(Cl)Cl. The standard InChI is InChI=1S/C14H28Cl3F9O4Si5/c1-31(2)27-32(3,9-6-12(18,19)20)28-33(4,10-7-13(21,22)23)29-34(5,30-35(15,16)17)11-8-14(24,25)26/h31H,6-11H2,1-5H3. The van der Waals surface area contributed by atoms with E-state index in [-0.39, 0.29) is 0 Å². The molecule has 0 bridgehead atoms. The molecule has 0 rings (SSSR count). The monoisotopic (exact) mass is 676 g/mol. The van der Waals surface area contributed by atoms with Crippen molar-refractivity contribution in [3.05, 3.63) is 0 Å². The van der Waals surface area contributed by atoms with E-state index in [1.807, 2.05) is 0 Å². The highest BCUT2D eigenvalue weighted by molar-refractivity contribution is 7.62. The summed E-state index contributed by atoms with van der Waals surface area (Å²) in [5.41, 5.74) is 0. The second-order valence-corrected chi connectivity index (χ2v) is 29.9. The molecule has 0 heterocycles. The summed E-state index contributed by atoms with van der Waals surface area (Å²) in [6.07, 6.45) is -22.3. The molecule has 0 saturated heterocycles. The summed E-state index contributed by atoms with van der Waals surface area (Å²) in [5, 5.41) is 0. The smallest absolute Gasteiger partial charge is 0.439 e. The number of hydrogen-bond donors (Lipinski definition) is 0. The zero-order valence-corrected chi connectivity index (χ0v) is 26.9. The van der Waals surface area contributed by atoms with Crippen LogP contribution in [0.4, 0.5) is 39.5 Å². The van der Waals surface area contributed by atoms with Gasteiger partial charge in [-0.15, -0.1) is 0 Å². The molecule has 3 atom stereocenters. The Labute approximate surface area is 218 Å². The van der Waals surface area contributed by atoms with Crippen molar-refractivity contribution in [2.75, 3.05) is 0 Å². The van der Waals surface area contributed by atoms with E-state index in [1.165, 1.54) is 6.55 Å². The molecule has 0 aromatic carbocycles. The van der Waals surface area contributed by atoms with Gasteiger partial charge in [0.15, 0.2) is 9.04 Å². The lowest BCUT2D eigenvalue weighted by Crippen LogP contribution is -2.60. The predicted molar refractivity (Wildman–Crippen MR) is 128 cm³/mol. The van der Waals surface area contributed by atoms with Crippen LogP contribution in [0.3, 0.4) is 0 Å². The Bertz CT molecular complexity index is 669. The van der Waals surface area contributed by atoms with Gasteiger partial charge in [-0.1, -0.05) is 33.2 Å². The average molecular weight is 678 g/mol. The molecule has 35 heavy (non-hydrogen) atoms. The number of rotatable bonds is 14. The second kappa shape index (κ2) is 13.0. The third-order valence-electron chi connectivity index (χ3n) is 4.27. The van der Waals surface area contributed by atoms with Crippen LogP contribution in [0.25, 0.3) is 0 Å². The summed E-state index contributed by atoms with van der Waals surface area (Å²) < 4.78 is 139. The largest absolute Gasteiger partial charge is 0.485 e. The van der Waals surface area contributed by atoms with E-state index in [2.05, 4.69) is 0 Å². The molecule has 0 spiro atoms. The van der Waals surface area contributed by atoms with E-state index in [9.17, 15) is 39.5 Å². The van der Waals surface area contributed by atoms with Crippen molar-refractivity contribution in [2.24, 2.45) is 0 Å². The fourth-order valence-electron chi connectivity index (χ4n) is 3.14. The summed E-state index contributed by atoms with van der Waals surface area (Å²) in [6, 6.07) is -2.29. The fraction of sp³-hybridized carbons (Fsp3) is 1.00. The van der Waals surface area contributed by atoms with Crippen molar-refractivity contribution in [3.63, 3.8) is 0 Å². The minimum absolute atomic E-state index is 0.638. The van der Waals surface area contributed by atoms with Crippen LogP contribution in [0.1, 0.15) is 19.3 Å². The Morgan fingerprint density at radius 1 is 0.571 bits per heavy atom. The molecule has 0 N–H and O–H groups in total. The summed E-state index contributed by atoms with van der Waals surface area (Å²) in [6.45, 7) is 6.77. The van der Waals surface area contributed by atoms with Crippen molar-refractivity contribution < 1.29 is 56.0 Å². The van der Waals surface area contributed by atoms with Crippen LogP contribution in [0.15, 0.2) is 0 Å². The minimum Gasteiger partial charge on any atom is -0.439 e. The van der Waals surface area contributed by atoms with Crippen LogP contribution in [-0.4, -0.2) is 59.5 Å². The van der Waals surface area contributed by atoms with Crippen molar-refractivity contribution in [1.29, 1.82) is 0 Å². The van der Waals surface area contributed by atoms with Crippen LogP contribution >= 0.6 is 33.2 Å². The normalized spacial score (nSPS) is 19.4. The lowest BCUT2D eigenvalue weighted by atomic mass is 10.5. The lowest BCUT2D eigenvalue weighted by Gasteiger charge is -2.43. The molecule has 212 valence electrons. The Balaban J connectivity index is 6.27. The minimum atomic E-state index is -4.70. The highest BCUT2D eigenvalue weighted by atomic mass is 35.8. The van der Waals surface area contributed by atoms with Crippen molar-refractivity contribution in [2.45, 2.75) is 88.7 Å². The van der Waals surface area contributed by atoms with Crippen molar-refractivity contribution in [1.82, 2.24) is 0 Å². The summed E-state index contributed by atoms with van der Waals surface area (Å²) in [5.74, 6) is 0. The van der Waals surface area contributed by atoms with Crippen LogP contribution in [-0.2, 0) is 16.5 Å². The van der Waals surface area contributed by atoms with Crippen molar-refractivity contribution in [3.8, 4) is 0 Å². The number of hydrogen-bond acceptors (Lipinski definition) is 4. The van der Waals surface area contributed by atoms with E-state index in [4.69, 9.17) is 49.7 Å². The van der Waals surface area contributed by atoms with Gasteiger partial charge >= 0.3 is 50.5 Å². The Hall–Kier alpha value is 1.16. The number of alkyl halides is 9. The first-order valence-corrected chi connectivity index (χ1v) is 25.5. The highest BCUT2D eigenvalue weighted by Gasteiger charge is 2.53. The molecule has 0 saturated carbocycles. The zero-order valence-electron chi connectivity index (χ0n) is 19.5. The number of halogens is 12.